The molecular weight excluding hydrogens is 428 g/mol. The van der Waals surface area contributed by atoms with E-state index in [-0.39, 0.29) is 5.91 Å². The summed E-state index contributed by atoms with van der Waals surface area (Å²) in [6, 6.07) is 7.81. The Kier molecular flexibility index (Phi) is 6.20. The highest BCUT2D eigenvalue weighted by molar-refractivity contribution is 6.29. The van der Waals surface area contributed by atoms with Gasteiger partial charge in [0.1, 0.15) is 10.8 Å². The van der Waals surface area contributed by atoms with Gasteiger partial charge in [-0.2, -0.15) is 0 Å². The van der Waals surface area contributed by atoms with E-state index in [9.17, 15) is 14.7 Å². The first-order valence-electron chi connectivity index (χ1n) is 10.8. The van der Waals surface area contributed by atoms with Crippen molar-refractivity contribution in [3.63, 3.8) is 0 Å². The summed E-state index contributed by atoms with van der Waals surface area (Å²) in [5.74, 6) is -0.769. The van der Waals surface area contributed by atoms with E-state index >= 15 is 0 Å². The molecule has 4 rings (SSSR count). The highest BCUT2D eigenvalue weighted by Crippen LogP contribution is 2.31. The molecule has 1 aliphatic heterocycles. The van der Waals surface area contributed by atoms with Crippen molar-refractivity contribution < 1.29 is 14.7 Å². The van der Waals surface area contributed by atoms with E-state index in [1.807, 2.05) is 23.1 Å². The van der Waals surface area contributed by atoms with Gasteiger partial charge in [-0.25, -0.2) is 9.97 Å². The molecule has 3 aromatic rings. The lowest BCUT2D eigenvalue weighted by Gasteiger charge is -2.29. The molecule has 1 aliphatic rings. The molecule has 3 aromatic heterocycles. The number of carbonyl (C=O) groups excluding carboxylic acids is 1. The molecular formula is C24H27ClN4O3. The Morgan fingerprint density at radius 3 is 2.78 bits per heavy atom. The molecule has 0 saturated carbocycles. The number of aromatic nitrogens is 3. The Hall–Kier alpha value is -2.93. The highest BCUT2D eigenvalue weighted by atomic mass is 35.5. The van der Waals surface area contributed by atoms with Gasteiger partial charge in [0.25, 0.3) is 0 Å². The van der Waals surface area contributed by atoms with Gasteiger partial charge >= 0.3 is 5.97 Å². The summed E-state index contributed by atoms with van der Waals surface area (Å²) in [6.07, 6.45) is 5.63. The molecule has 4 heterocycles. The zero-order valence-corrected chi connectivity index (χ0v) is 19.1. The van der Waals surface area contributed by atoms with Crippen molar-refractivity contribution in [1.82, 2.24) is 19.4 Å². The molecule has 0 spiro atoms. The van der Waals surface area contributed by atoms with Crippen LogP contribution in [0.5, 0.6) is 0 Å². The lowest BCUT2D eigenvalue weighted by molar-refractivity contribution is -0.147. The monoisotopic (exact) mass is 454 g/mol. The van der Waals surface area contributed by atoms with Gasteiger partial charge < -0.3 is 14.6 Å². The number of pyridine rings is 2. The Morgan fingerprint density at radius 2 is 2.03 bits per heavy atom. The lowest BCUT2D eigenvalue weighted by atomic mass is 9.87. The maximum Gasteiger partial charge on any atom is 0.309 e. The summed E-state index contributed by atoms with van der Waals surface area (Å²) in [4.78, 5) is 34.8. The van der Waals surface area contributed by atoms with Crippen molar-refractivity contribution >= 4 is 34.5 Å². The third kappa shape index (κ3) is 4.48. The van der Waals surface area contributed by atoms with Crippen LogP contribution in [-0.2, 0) is 29.1 Å². The zero-order chi connectivity index (χ0) is 22.9. The Balaban J connectivity index is 1.55. The second kappa shape index (κ2) is 8.90. The normalized spacial score (nSPS) is 13.9. The van der Waals surface area contributed by atoms with Gasteiger partial charge in [0.05, 0.1) is 12.0 Å². The van der Waals surface area contributed by atoms with E-state index in [0.717, 1.165) is 28.7 Å². The predicted molar refractivity (Wildman–Crippen MR) is 122 cm³/mol. The fraction of sp³-hybridized carbons (Fsp3) is 0.417. The van der Waals surface area contributed by atoms with Crippen LogP contribution in [0.2, 0.25) is 5.15 Å². The maximum absolute atomic E-state index is 12.9. The number of halogens is 1. The highest BCUT2D eigenvalue weighted by Gasteiger charge is 2.29. The van der Waals surface area contributed by atoms with E-state index in [1.54, 1.807) is 26.2 Å². The maximum atomic E-state index is 12.9. The van der Waals surface area contributed by atoms with Gasteiger partial charge in [-0.05, 0) is 68.5 Å². The molecule has 0 atom stereocenters. The van der Waals surface area contributed by atoms with Crippen molar-refractivity contribution in [2.24, 2.45) is 5.41 Å². The first-order chi connectivity index (χ1) is 15.3. The minimum Gasteiger partial charge on any atom is -0.481 e. The number of aliphatic carboxylic acids is 1. The molecule has 7 nitrogen and oxygen atoms in total. The van der Waals surface area contributed by atoms with Gasteiger partial charge in [0.2, 0.25) is 5.91 Å². The molecule has 0 unspecified atom stereocenters. The second-order valence-corrected chi connectivity index (χ2v) is 9.37. The van der Waals surface area contributed by atoms with E-state index in [0.29, 0.717) is 44.0 Å². The SMILES string of the molecule is CC(C)(CCCC(=O)N1CCc2c(n(Cc3ccnc(Cl)c3)c3ncccc23)C1)C(=O)O. The number of hydrogen-bond acceptors (Lipinski definition) is 4. The van der Waals surface area contributed by atoms with Crippen LogP contribution in [0.1, 0.15) is 49.9 Å². The first-order valence-corrected chi connectivity index (χ1v) is 11.2. The second-order valence-electron chi connectivity index (χ2n) is 8.98. The van der Waals surface area contributed by atoms with Crippen molar-refractivity contribution in [3.8, 4) is 0 Å². The quantitative estimate of drug-likeness (QED) is 0.538. The summed E-state index contributed by atoms with van der Waals surface area (Å²) in [5, 5.41) is 10.9. The largest absolute Gasteiger partial charge is 0.481 e. The van der Waals surface area contributed by atoms with Crippen molar-refractivity contribution in [3.05, 3.63) is 58.6 Å². The van der Waals surface area contributed by atoms with Crippen LogP contribution in [-0.4, -0.2) is 43.0 Å². The fourth-order valence-electron chi connectivity index (χ4n) is 4.31. The van der Waals surface area contributed by atoms with E-state index in [4.69, 9.17) is 11.6 Å². The molecule has 0 bridgehead atoms. The number of carboxylic acids is 1. The number of nitrogens with zero attached hydrogens (tertiary/aromatic N) is 4. The van der Waals surface area contributed by atoms with Gasteiger partial charge in [-0.15, -0.1) is 0 Å². The molecule has 1 N–H and O–H groups in total. The van der Waals surface area contributed by atoms with Crippen LogP contribution in [0.4, 0.5) is 0 Å². The van der Waals surface area contributed by atoms with Gasteiger partial charge in [0.15, 0.2) is 0 Å². The Labute approximate surface area is 192 Å². The number of carbonyl (C=O) groups is 2. The van der Waals surface area contributed by atoms with Crippen LogP contribution in [0.15, 0.2) is 36.7 Å². The van der Waals surface area contributed by atoms with Crippen molar-refractivity contribution in [2.45, 2.75) is 52.6 Å². The molecule has 0 aromatic carbocycles. The fourth-order valence-corrected chi connectivity index (χ4v) is 4.51. The van der Waals surface area contributed by atoms with Gasteiger partial charge in [0, 0.05) is 43.0 Å². The van der Waals surface area contributed by atoms with Crippen LogP contribution >= 0.6 is 11.6 Å². The molecule has 0 aliphatic carbocycles. The molecule has 0 fully saturated rings. The number of amides is 1. The topological polar surface area (TPSA) is 88.3 Å². The van der Waals surface area contributed by atoms with Crippen LogP contribution < -0.4 is 0 Å². The summed E-state index contributed by atoms with van der Waals surface area (Å²) in [7, 11) is 0. The van der Waals surface area contributed by atoms with Crippen molar-refractivity contribution in [2.75, 3.05) is 6.54 Å². The average molecular weight is 455 g/mol. The number of fused-ring (bicyclic) bond motifs is 3. The van der Waals surface area contributed by atoms with Crippen LogP contribution in [0.25, 0.3) is 11.0 Å². The number of rotatable bonds is 7. The number of carboxylic acid groups (broad SMARTS) is 1. The van der Waals surface area contributed by atoms with Crippen LogP contribution in [0, 0.1) is 5.41 Å². The molecule has 1 amide bonds. The lowest BCUT2D eigenvalue weighted by Crippen LogP contribution is -2.36. The average Bonchev–Trinajstić information content (AvgIpc) is 3.06. The summed E-state index contributed by atoms with van der Waals surface area (Å²) >= 11 is 6.09. The number of hydrogen-bond donors (Lipinski definition) is 1. The van der Waals surface area contributed by atoms with Crippen LogP contribution in [0.3, 0.4) is 0 Å². The molecule has 0 radical (unpaired) electrons. The van der Waals surface area contributed by atoms with E-state index in [2.05, 4.69) is 20.6 Å². The standard InChI is InChI=1S/C24H27ClN4O3/c1-24(2,23(31)32)9-3-6-21(30)28-12-8-17-18-5-4-10-27-22(18)29(19(17)15-28)14-16-7-11-26-20(25)13-16/h4-5,7,10-11,13H,3,6,8-9,12,14-15H2,1-2H3,(H,31,32). The van der Waals surface area contributed by atoms with Crippen molar-refractivity contribution in [1.29, 1.82) is 0 Å². The first kappa shape index (κ1) is 22.3. The molecule has 0 saturated heterocycles. The molecule has 168 valence electrons. The summed E-state index contributed by atoms with van der Waals surface area (Å²) in [5.41, 5.74) is 3.44. The minimum absolute atomic E-state index is 0.0635. The Morgan fingerprint density at radius 1 is 1.22 bits per heavy atom. The van der Waals surface area contributed by atoms with Gasteiger partial charge in [-0.1, -0.05) is 11.6 Å². The summed E-state index contributed by atoms with van der Waals surface area (Å²) in [6.45, 7) is 5.17. The molecule has 8 heteroatoms. The Bertz CT molecular complexity index is 1170. The van der Waals surface area contributed by atoms with Gasteiger partial charge in [-0.3, -0.25) is 9.59 Å². The zero-order valence-electron chi connectivity index (χ0n) is 18.3. The molecule has 32 heavy (non-hydrogen) atoms. The minimum atomic E-state index is -0.833. The smallest absolute Gasteiger partial charge is 0.309 e. The summed E-state index contributed by atoms with van der Waals surface area (Å²) < 4.78 is 2.17. The third-order valence-corrected chi connectivity index (χ3v) is 6.48. The predicted octanol–water partition coefficient (Wildman–Crippen LogP) is 4.30. The van der Waals surface area contributed by atoms with E-state index in [1.165, 1.54) is 5.56 Å². The third-order valence-electron chi connectivity index (χ3n) is 6.27. The van der Waals surface area contributed by atoms with E-state index < -0.39 is 11.4 Å².